The Morgan fingerprint density at radius 1 is 1.50 bits per heavy atom. The van der Waals surface area contributed by atoms with Crippen LogP contribution in [-0.2, 0) is 11.3 Å². The zero-order valence-corrected chi connectivity index (χ0v) is 12.5. The van der Waals surface area contributed by atoms with Gasteiger partial charge in [0.25, 0.3) is 0 Å². The number of phenols is 1. The lowest BCUT2D eigenvalue weighted by Gasteiger charge is -2.36. The van der Waals surface area contributed by atoms with E-state index < -0.39 is 0 Å². The van der Waals surface area contributed by atoms with Gasteiger partial charge in [0.2, 0.25) is 0 Å². The van der Waals surface area contributed by atoms with Gasteiger partial charge in [-0.1, -0.05) is 6.07 Å². The molecular formula is C14H20BrNO2. The fourth-order valence-corrected chi connectivity index (χ4v) is 2.75. The molecule has 1 aromatic carbocycles. The molecule has 100 valence electrons. The summed E-state index contributed by atoms with van der Waals surface area (Å²) in [6, 6.07) is 6.11. The molecule has 1 saturated heterocycles. The van der Waals surface area contributed by atoms with Gasteiger partial charge in [-0.25, -0.2) is 0 Å². The molecule has 1 aromatic rings. The summed E-state index contributed by atoms with van der Waals surface area (Å²) in [7, 11) is 0. The van der Waals surface area contributed by atoms with Crippen molar-refractivity contribution in [2.24, 2.45) is 0 Å². The topological polar surface area (TPSA) is 41.5 Å². The largest absolute Gasteiger partial charge is 0.507 e. The lowest BCUT2D eigenvalue weighted by atomic mass is 9.94. The predicted octanol–water partition coefficient (Wildman–Crippen LogP) is 3.20. The molecule has 0 radical (unpaired) electrons. The van der Waals surface area contributed by atoms with E-state index in [4.69, 9.17) is 4.74 Å². The average Bonchev–Trinajstić information content (AvgIpc) is 2.29. The van der Waals surface area contributed by atoms with Crippen molar-refractivity contribution in [1.29, 1.82) is 0 Å². The first-order valence-corrected chi connectivity index (χ1v) is 7.10. The number of benzene rings is 1. The molecule has 4 heteroatoms. The maximum absolute atomic E-state index is 9.45. The highest BCUT2D eigenvalue weighted by molar-refractivity contribution is 9.10. The first kappa shape index (κ1) is 13.8. The minimum Gasteiger partial charge on any atom is -0.507 e. The standard InChI is InChI=1S/C14H20BrNO2/c1-14(2)8-11(5-6-18-14)16-9-10-3-4-13(17)12(15)7-10/h3-4,7,11,16-17H,5-6,8-9H2,1-2H3. The lowest BCUT2D eigenvalue weighted by molar-refractivity contribution is -0.0630. The zero-order valence-electron chi connectivity index (χ0n) is 10.9. The molecule has 18 heavy (non-hydrogen) atoms. The Morgan fingerprint density at radius 3 is 2.94 bits per heavy atom. The van der Waals surface area contributed by atoms with E-state index in [2.05, 4.69) is 35.1 Å². The Labute approximate surface area is 117 Å². The normalized spacial score (nSPS) is 22.9. The van der Waals surface area contributed by atoms with Gasteiger partial charge in [-0.15, -0.1) is 0 Å². The van der Waals surface area contributed by atoms with Crippen molar-refractivity contribution in [2.45, 2.75) is 44.9 Å². The molecule has 1 fully saturated rings. The molecule has 0 aromatic heterocycles. The van der Waals surface area contributed by atoms with Crippen LogP contribution in [-0.4, -0.2) is 23.4 Å². The van der Waals surface area contributed by atoms with E-state index in [0.717, 1.165) is 30.5 Å². The van der Waals surface area contributed by atoms with Crippen molar-refractivity contribution in [3.05, 3.63) is 28.2 Å². The summed E-state index contributed by atoms with van der Waals surface area (Å²) in [6.45, 7) is 5.92. The fraction of sp³-hybridized carbons (Fsp3) is 0.571. The van der Waals surface area contributed by atoms with Gasteiger partial charge in [0, 0.05) is 19.2 Å². The molecule has 0 aliphatic carbocycles. The van der Waals surface area contributed by atoms with E-state index >= 15 is 0 Å². The third kappa shape index (κ3) is 3.70. The Bertz CT molecular complexity index is 420. The van der Waals surface area contributed by atoms with Gasteiger partial charge >= 0.3 is 0 Å². The van der Waals surface area contributed by atoms with Crippen LogP contribution in [0.2, 0.25) is 0 Å². The Morgan fingerprint density at radius 2 is 2.28 bits per heavy atom. The minimum absolute atomic E-state index is 0.0224. The van der Waals surface area contributed by atoms with Gasteiger partial charge in [-0.2, -0.15) is 0 Å². The van der Waals surface area contributed by atoms with E-state index in [1.54, 1.807) is 6.07 Å². The summed E-state index contributed by atoms with van der Waals surface area (Å²) in [4.78, 5) is 0. The Kier molecular flexibility index (Phi) is 4.30. The van der Waals surface area contributed by atoms with Crippen molar-refractivity contribution in [2.75, 3.05) is 6.61 Å². The van der Waals surface area contributed by atoms with Gasteiger partial charge in [0.15, 0.2) is 0 Å². The number of aromatic hydroxyl groups is 1. The summed E-state index contributed by atoms with van der Waals surface area (Å²) in [5, 5.41) is 13.0. The molecule has 1 aliphatic heterocycles. The Balaban J connectivity index is 1.89. The van der Waals surface area contributed by atoms with Crippen molar-refractivity contribution in [1.82, 2.24) is 5.32 Å². The van der Waals surface area contributed by atoms with E-state index in [0.29, 0.717) is 6.04 Å². The van der Waals surface area contributed by atoms with Gasteiger partial charge in [0.05, 0.1) is 10.1 Å². The molecule has 1 atom stereocenters. The molecule has 0 bridgehead atoms. The number of rotatable bonds is 3. The van der Waals surface area contributed by atoms with Crippen LogP contribution in [0.15, 0.2) is 22.7 Å². The second-order valence-electron chi connectivity index (χ2n) is 5.46. The SMILES string of the molecule is CC1(C)CC(NCc2ccc(O)c(Br)c2)CCO1. The van der Waals surface area contributed by atoms with Crippen LogP contribution < -0.4 is 5.32 Å². The zero-order chi connectivity index (χ0) is 13.2. The molecule has 0 saturated carbocycles. The third-order valence-electron chi connectivity index (χ3n) is 3.30. The number of hydrogen-bond acceptors (Lipinski definition) is 3. The molecular weight excluding hydrogens is 294 g/mol. The summed E-state index contributed by atoms with van der Waals surface area (Å²) >= 11 is 3.33. The van der Waals surface area contributed by atoms with Crippen molar-refractivity contribution < 1.29 is 9.84 Å². The monoisotopic (exact) mass is 313 g/mol. The summed E-state index contributed by atoms with van der Waals surface area (Å²) in [6.07, 6.45) is 2.09. The Hall–Kier alpha value is -0.580. The molecule has 1 unspecified atom stereocenters. The maximum atomic E-state index is 9.45. The van der Waals surface area contributed by atoms with Crippen LogP contribution in [0, 0.1) is 0 Å². The highest BCUT2D eigenvalue weighted by Gasteiger charge is 2.28. The molecule has 2 N–H and O–H groups in total. The quantitative estimate of drug-likeness (QED) is 0.900. The van der Waals surface area contributed by atoms with Crippen molar-refractivity contribution in [3.63, 3.8) is 0 Å². The highest BCUT2D eigenvalue weighted by Crippen LogP contribution is 2.26. The summed E-state index contributed by atoms with van der Waals surface area (Å²) in [5.41, 5.74) is 1.15. The van der Waals surface area contributed by atoms with Crippen LogP contribution in [0.5, 0.6) is 5.75 Å². The van der Waals surface area contributed by atoms with Crippen LogP contribution in [0.3, 0.4) is 0 Å². The van der Waals surface area contributed by atoms with Crippen molar-refractivity contribution >= 4 is 15.9 Å². The lowest BCUT2D eigenvalue weighted by Crippen LogP contribution is -2.43. The smallest absolute Gasteiger partial charge is 0.129 e. The number of nitrogens with one attached hydrogen (secondary N) is 1. The summed E-state index contributed by atoms with van der Waals surface area (Å²) in [5.74, 6) is 0.283. The predicted molar refractivity (Wildman–Crippen MR) is 75.7 cm³/mol. The second-order valence-corrected chi connectivity index (χ2v) is 6.32. The number of halogens is 1. The minimum atomic E-state index is -0.0224. The molecule has 0 amide bonds. The highest BCUT2D eigenvalue weighted by atomic mass is 79.9. The first-order chi connectivity index (χ1) is 8.46. The summed E-state index contributed by atoms with van der Waals surface area (Å²) < 4.78 is 6.45. The fourth-order valence-electron chi connectivity index (χ4n) is 2.33. The maximum Gasteiger partial charge on any atom is 0.129 e. The van der Waals surface area contributed by atoms with E-state index in [1.165, 1.54) is 5.56 Å². The molecule has 2 rings (SSSR count). The number of ether oxygens (including phenoxy) is 1. The third-order valence-corrected chi connectivity index (χ3v) is 3.94. The second kappa shape index (κ2) is 5.59. The average molecular weight is 314 g/mol. The molecule has 3 nitrogen and oxygen atoms in total. The van der Waals surface area contributed by atoms with Crippen LogP contribution in [0.25, 0.3) is 0 Å². The van der Waals surface area contributed by atoms with Gasteiger partial charge in [-0.05, 0) is 60.3 Å². The first-order valence-electron chi connectivity index (χ1n) is 6.31. The molecule has 1 aliphatic rings. The van der Waals surface area contributed by atoms with Crippen LogP contribution >= 0.6 is 15.9 Å². The number of phenolic OH excluding ortho intramolecular Hbond substituents is 1. The van der Waals surface area contributed by atoms with E-state index in [-0.39, 0.29) is 11.4 Å². The molecule has 0 spiro atoms. The van der Waals surface area contributed by atoms with E-state index in [1.807, 2.05) is 12.1 Å². The van der Waals surface area contributed by atoms with Gasteiger partial charge < -0.3 is 15.2 Å². The van der Waals surface area contributed by atoms with Gasteiger partial charge in [-0.3, -0.25) is 0 Å². The van der Waals surface area contributed by atoms with Crippen LogP contribution in [0.4, 0.5) is 0 Å². The van der Waals surface area contributed by atoms with Gasteiger partial charge in [0.1, 0.15) is 5.75 Å². The van der Waals surface area contributed by atoms with E-state index in [9.17, 15) is 5.11 Å². The molecule has 1 heterocycles. The van der Waals surface area contributed by atoms with Crippen LogP contribution in [0.1, 0.15) is 32.3 Å². The van der Waals surface area contributed by atoms with Crippen molar-refractivity contribution in [3.8, 4) is 5.75 Å². The number of hydrogen-bond donors (Lipinski definition) is 2.